The Morgan fingerprint density at radius 2 is 1.50 bits per heavy atom. The van der Waals surface area contributed by atoms with Crippen molar-refractivity contribution in [3.05, 3.63) is 23.8 Å². The van der Waals surface area contributed by atoms with Crippen molar-refractivity contribution in [2.45, 2.75) is 101 Å². The Morgan fingerprint density at radius 1 is 0.769 bits per heavy atom. The first-order chi connectivity index (χ1) is 12.1. The molecule has 0 saturated carbocycles. The average molecular weight is 364 g/mol. The molecular formula is C20H28O6. The molecule has 0 N–H and O–H groups in total. The van der Waals surface area contributed by atoms with E-state index in [4.69, 9.17) is 28.4 Å². The Bertz CT molecular complexity index is 680. The summed E-state index contributed by atoms with van der Waals surface area (Å²) in [6.45, 7) is 12.0. The van der Waals surface area contributed by atoms with E-state index in [1.54, 1.807) is 0 Å². The number of rotatable bonds is 0. The van der Waals surface area contributed by atoms with E-state index in [9.17, 15) is 0 Å². The molecule has 6 aliphatic rings. The maximum Gasteiger partial charge on any atom is 0.164 e. The number of epoxide rings is 2. The number of fused-ring (bicyclic) bond motifs is 6. The fraction of sp³-hybridized carbons (Fsp3) is 0.800. The van der Waals surface area contributed by atoms with Crippen LogP contribution in [0.15, 0.2) is 23.8 Å². The van der Waals surface area contributed by atoms with Crippen molar-refractivity contribution >= 4 is 0 Å². The minimum absolute atomic E-state index is 0.0671. The van der Waals surface area contributed by atoms with Crippen molar-refractivity contribution in [2.75, 3.05) is 0 Å². The van der Waals surface area contributed by atoms with Crippen LogP contribution in [0.2, 0.25) is 0 Å². The molecule has 4 fully saturated rings. The van der Waals surface area contributed by atoms with Gasteiger partial charge in [-0.1, -0.05) is 18.2 Å². The largest absolute Gasteiger partial charge is 0.362 e. The summed E-state index contributed by atoms with van der Waals surface area (Å²) >= 11 is 0. The Hall–Kier alpha value is -0.760. The van der Waals surface area contributed by atoms with Crippen LogP contribution in [-0.4, -0.2) is 59.9 Å². The predicted molar refractivity (Wildman–Crippen MR) is 92.5 cm³/mol. The summed E-state index contributed by atoms with van der Waals surface area (Å²) in [4.78, 5) is 0. The fourth-order valence-corrected chi connectivity index (χ4v) is 4.55. The van der Waals surface area contributed by atoms with Crippen LogP contribution in [0.3, 0.4) is 0 Å². The summed E-state index contributed by atoms with van der Waals surface area (Å²) < 4.78 is 34.2. The molecular weight excluding hydrogens is 336 g/mol. The first-order valence-corrected chi connectivity index (χ1v) is 9.49. The average Bonchev–Trinajstić information content (AvgIpc) is 3.36. The molecule has 144 valence electrons. The molecule has 4 heterocycles. The zero-order valence-electron chi connectivity index (χ0n) is 16.2. The number of ether oxygens (including phenoxy) is 6. The standard InChI is InChI=1S/2C10H14O3/c1-9(2)11-6-4-5-7-10(3,12-7)8(6)13-9;1-5-4-6-8(11-6)9-7(5)12-10(2,3)13-9/h4-8H,1-3H3;4,6-9H,1-3H3/t6-,7?,8-,10?;6?,7-,8?,9-/m01/s1. The maximum absolute atomic E-state index is 5.81. The Labute approximate surface area is 154 Å². The molecule has 0 amide bonds. The molecule has 8 atom stereocenters. The molecule has 0 aromatic carbocycles. The van der Waals surface area contributed by atoms with Crippen molar-refractivity contribution in [3.63, 3.8) is 0 Å². The molecule has 26 heavy (non-hydrogen) atoms. The van der Waals surface area contributed by atoms with E-state index in [1.807, 2.05) is 27.7 Å². The van der Waals surface area contributed by atoms with Crippen molar-refractivity contribution in [1.29, 1.82) is 0 Å². The molecule has 4 unspecified atom stereocenters. The lowest BCUT2D eigenvalue weighted by atomic mass is 9.91. The van der Waals surface area contributed by atoms with E-state index >= 15 is 0 Å². The fourth-order valence-electron chi connectivity index (χ4n) is 4.55. The second-order valence-corrected chi connectivity index (χ2v) is 9.12. The topological polar surface area (TPSA) is 62.0 Å². The molecule has 0 aromatic heterocycles. The van der Waals surface area contributed by atoms with Gasteiger partial charge in [-0.05, 0) is 47.1 Å². The minimum atomic E-state index is -0.469. The third-order valence-corrected chi connectivity index (χ3v) is 5.95. The van der Waals surface area contributed by atoms with Crippen LogP contribution in [0.1, 0.15) is 41.5 Å². The molecule has 0 radical (unpaired) electrons. The van der Waals surface area contributed by atoms with Gasteiger partial charge in [0.2, 0.25) is 0 Å². The highest BCUT2D eigenvalue weighted by Crippen LogP contribution is 2.50. The Balaban J connectivity index is 0.000000115. The van der Waals surface area contributed by atoms with Crippen molar-refractivity contribution in [3.8, 4) is 0 Å². The lowest BCUT2D eigenvalue weighted by Crippen LogP contribution is -2.39. The molecule has 0 aromatic rings. The van der Waals surface area contributed by atoms with Gasteiger partial charge in [0.1, 0.15) is 48.3 Å². The van der Waals surface area contributed by atoms with Crippen LogP contribution in [0.4, 0.5) is 0 Å². The second kappa shape index (κ2) is 5.19. The molecule has 4 saturated heterocycles. The summed E-state index contributed by atoms with van der Waals surface area (Å²) in [6.07, 6.45) is 7.42. The highest BCUT2D eigenvalue weighted by Gasteiger charge is 2.65. The van der Waals surface area contributed by atoms with E-state index in [0.717, 1.165) is 0 Å². The van der Waals surface area contributed by atoms with Gasteiger partial charge in [0.25, 0.3) is 0 Å². The van der Waals surface area contributed by atoms with Crippen LogP contribution in [0, 0.1) is 0 Å². The molecule has 6 heteroatoms. The van der Waals surface area contributed by atoms with Gasteiger partial charge >= 0.3 is 0 Å². The van der Waals surface area contributed by atoms with Gasteiger partial charge in [0.05, 0.1) is 0 Å². The predicted octanol–water partition coefficient (Wildman–Crippen LogP) is 2.47. The summed E-state index contributed by atoms with van der Waals surface area (Å²) in [5, 5.41) is 0. The van der Waals surface area contributed by atoms with Crippen LogP contribution in [-0.2, 0) is 28.4 Å². The van der Waals surface area contributed by atoms with Gasteiger partial charge < -0.3 is 28.4 Å². The zero-order chi connectivity index (χ0) is 18.5. The first-order valence-electron chi connectivity index (χ1n) is 9.49. The van der Waals surface area contributed by atoms with E-state index in [-0.39, 0.29) is 42.2 Å². The van der Waals surface area contributed by atoms with Crippen LogP contribution >= 0.6 is 0 Å². The van der Waals surface area contributed by atoms with Crippen molar-refractivity contribution in [2.24, 2.45) is 0 Å². The normalized spacial score (nSPS) is 53.3. The molecule has 0 bridgehead atoms. The van der Waals surface area contributed by atoms with Crippen LogP contribution in [0.5, 0.6) is 0 Å². The first kappa shape index (κ1) is 17.3. The minimum Gasteiger partial charge on any atom is -0.362 e. The van der Waals surface area contributed by atoms with Crippen molar-refractivity contribution in [1.82, 2.24) is 0 Å². The molecule has 6 rings (SSSR count). The lowest BCUT2D eigenvalue weighted by Gasteiger charge is -2.21. The third kappa shape index (κ3) is 2.70. The number of hydrogen-bond donors (Lipinski definition) is 0. The van der Waals surface area contributed by atoms with Crippen LogP contribution in [0.25, 0.3) is 0 Å². The highest BCUT2D eigenvalue weighted by atomic mass is 16.8. The van der Waals surface area contributed by atoms with Gasteiger partial charge in [-0.3, -0.25) is 0 Å². The van der Waals surface area contributed by atoms with Gasteiger partial charge in [-0.25, -0.2) is 0 Å². The van der Waals surface area contributed by atoms with E-state index in [1.165, 1.54) is 5.57 Å². The zero-order valence-corrected chi connectivity index (χ0v) is 16.2. The molecule has 2 aliphatic carbocycles. The molecule has 0 spiro atoms. The summed E-state index contributed by atoms with van der Waals surface area (Å²) in [5.41, 5.74) is 1.11. The van der Waals surface area contributed by atoms with Gasteiger partial charge in [-0.2, -0.15) is 0 Å². The molecule has 6 nitrogen and oxygen atoms in total. The SMILES string of the molecule is CC1(C)O[C@H]2C=CC3OC3(C)[C@H]2O1.CC1=CC2OC2[C@@H]2OC(C)(C)O[C@H]12. The second-order valence-electron chi connectivity index (χ2n) is 9.12. The van der Waals surface area contributed by atoms with Gasteiger partial charge in [0.15, 0.2) is 11.6 Å². The van der Waals surface area contributed by atoms with Gasteiger partial charge in [0, 0.05) is 0 Å². The Kier molecular flexibility index (Phi) is 3.46. The quantitative estimate of drug-likeness (QED) is 0.486. The number of hydrogen-bond acceptors (Lipinski definition) is 6. The highest BCUT2D eigenvalue weighted by molar-refractivity contribution is 5.26. The monoisotopic (exact) mass is 364 g/mol. The van der Waals surface area contributed by atoms with Crippen LogP contribution < -0.4 is 0 Å². The smallest absolute Gasteiger partial charge is 0.164 e. The Morgan fingerprint density at radius 3 is 2.27 bits per heavy atom. The summed E-state index contributed by atoms with van der Waals surface area (Å²) in [7, 11) is 0. The maximum atomic E-state index is 5.81. The van der Waals surface area contributed by atoms with E-state index in [2.05, 4.69) is 32.1 Å². The molecule has 4 aliphatic heterocycles. The summed E-state index contributed by atoms with van der Waals surface area (Å²) in [6, 6.07) is 0. The van der Waals surface area contributed by atoms with E-state index in [0.29, 0.717) is 6.10 Å². The lowest BCUT2D eigenvalue weighted by molar-refractivity contribution is -0.148. The van der Waals surface area contributed by atoms with E-state index < -0.39 is 11.6 Å². The van der Waals surface area contributed by atoms with Crippen molar-refractivity contribution < 1.29 is 28.4 Å². The van der Waals surface area contributed by atoms with Gasteiger partial charge in [-0.15, -0.1) is 0 Å². The third-order valence-electron chi connectivity index (χ3n) is 5.95. The summed E-state index contributed by atoms with van der Waals surface area (Å²) in [5.74, 6) is -0.922.